The highest BCUT2D eigenvalue weighted by Gasteiger charge is 2.23. The predicted molar refractivity (Wildman–Crippen MR) is 68.9 cm³/mol. The summed E-state index contributed by atoms with van der Waals surface area (Å²) in [6.07, 6.45) is 0. The molecule has 1 fully saturated rings. The first-order valence-corrected chi connectivity index (χ1v) is 6.28. The standard InChI is InChI=1S/C13H17F2N3O/c1-9(18-6-4-16-5-7-18)13(19)17-12-8-10(14)2-3-11(12)15/h2-3,8-9,16H,4-7H2,1H3,(H,17,19). The molecule has 0 aromatic heterocycles. The van der Waals surface area contributed by atoms with E-state index in [0.29, 0.717) is 0 Å². The van der Waals surface area contributed by atoms with E-state index in [1.54, 1.807) is 6.92 Å². The fourth-order valence-electron chi connectivity index (χ4n) is 2.07. The lowest BCUT2D eigenvalue weighted by molar-refractivity contribution is -0.121. The molecule has 1 aliphatic heterocycles. The highest BCUT2D eigenvalue weighted by molar-refractivity contribution is 5.94. The molecule has 6 heteroatoms. The zero-order chi connectivity index (χ0) is 13.8. The van der Waals surface area contributed by atoms with E-state index >= 15 is 0 Å². The molecule has 0 spiro atoms. The second-order valence-electron chi connectivity index (χ2n) is 4.58. The van der Waals surface area contributed by atoms with Crippen molar-refractivity contribution in [2.24, 2.45) is 0 Å². The van der Waals surface area contributed by atoms with Crippen molar-refractivity contribution >= 4 is 11.6 Å². The van der Waals surface area contributed by atoms with Crippen LogP contribution >= 0.6 is 0 Å². The molecule has 2 N–H and O–H groups in total. The highest BCUT2D eigenvalue weighted by atomic mass is 19.1. The Kier molecular flexibility index (Phi) is 4.44. The van der Waals surface area contributed by atoms with Crippen molar-refractivity contribution in [2.75, 3.05) is 31.5 Å². The molecule has 0 saturated carbocycles. The van der Waals surface area contributed by atoms with Crippen LogP contribution in [0.2, 0.25) is 0 Å². The fraction of sp³-hybridized carbons (Fsp3) is 0.462. The molecule has 19 heavy (non-hydrogen) atoms. The van der Waals surface area contributed by atoms with E-state index in [0.717, 1.165) is 44.4 Å². The number of piperazine rings is 1. The fourth-order valence-corrected chi connectivity index (χ4v) is 2.07. The van der Waals surface area contributed by atoms with Gasteiger partial charge in [0.2, 0.25) is 5.91 Å². The number of anilines is 1. The summed E-state index contributed by atoms with van der Waals surface area (Å²) in [6.45, 7) is 4.94. The Balaban J connectivity index is 2.01. The van der Waals surface area contributed by atoms with E-state index < -0.39 is 11.6 Å². The summed E-state index contributed by atoms with van der Waals surface area (Å²) in [4.78, 5) is 14.0. The maximum Gasteiger partial charge on any atom is 0.241 e. The van der Waals surface area contributed by atoms with Gasteiger partial charge in [0.15, 0.2) is 0 Å². The number of benzene rings is 1. The third kappa shape index (κ3) is 3.48. The first-order chi connectivity index (χ1) is 9.08. The van der Waals surface area contributed by atoms with Gasteiger partial charge in [-0.25, -0.2) is 8.78 Å². The quantitative estimate of drug-likeness (QED) is 0.866. The SMILES string of the molecule is CC(C(=O)Nc1cc(F)ccc1F)N1CCNCC1. The van der Waals surface area contributed by atoms with Crippen LogP contribution < -0.4 is 10.6 Å². The number of nitrogens with one attached hydrogen (secondary N) is 2. The molecule has 1 aromatic rings. The van der Waals surface area contributed by atoms with Crippen LogP contribution in [-0.4, -0.2) is 43.0 Å². The largest absolute Gasteiger partial charge is 0.322 e. The second-order valence-corrected chi connectivity index (χ2v) is 4.58. The van der Waals surface area contributed by atoms with E-state index in [-0.39, 0.29) is 17.6 Å². The third-order valence-electron chi connectivity index (χ3n) is 3.27. The molecule has 0 bridgehead atoms. The van der Waals surface area contributed by atoms with Crippen molar-refractivity contribution < 1.29 is 13.6 Å². The lowest BCUT2D eigenvalue weighted by atomic mass is 10.2. The van der Waals surface area contributed by atoms with Gasteiger partial charge in [0, 0.05) is 32.2 Å². The third-order valence-corrected chi connectivity index (χ3v) is 3.27. The van der Waals surface area contributed by atoms with Gasteiger partial charge in [-0.15, -0.1) is 0 Å². The average Bonchev–Trinajstić information content (AvgIpc) is 2.43. The molecule has 1 heterocycles. The molecule has 1 saturated heterocycles. The first kappa shape index (κ1) is 13.9. The number of amides is 1. The molecule has 0 aliphatic carbocycles. The summed E-state index contributed by atoms with van der Waals surface area (Å²) >= 11 is 0. The van der Waals surface area contributed by atoms with Crippen LogP contribution in [0, 0.1) is 11.6 Å². The molecule has 1 aromatic carbocycles. The molecular weight excluding hydrogens is 252 g/mol. The van der Waals surface area contributed by atoms with Gasteiger partial charge in [-0.3, -0.25) is 9.69 Å². The predicted octanol–water partition coefficient (Wildman–Crippen LogP) is 1.20. The van der Waals surface area contributed by atoms with Gasteiger partial charge in [-0.05, 0) is 19.1 Å². The smallest absolute Gasteiger partial charge is 0.241 e. The average molecular weight is 269 g/mol. The molecular formula is C13H17F2N3O. The summed E-state index contributed by atoms with van der Waals surface area (Å²) < 4.78 is 26.4. The second kappa shape index (κ2) is 6.08. The minimum atomic E-state index is -0.637. The molecule has 1 unspecified atom stereocenters. The first-order valence-electron chi connectivity index (χ1n) is 6.28. The minimum absolute atomic E-state index is 0.119. The van der Waals surface area contributed by atoms with Gasteiger partial charge in [-0.2, -0.15) is 0 Å². The minimum Gasteiger partial charge on any atom is -0.322 e. The molecule has 2 rings (SSSR count). The Hall–Kier alpha value is -1.53. The van der Waals surface area contributed by atoms with Gasteiger partial charge in [-0.1, -0.05) is 0 Å². The number of rotatable bonds is 3. The molecule has 1 aliphatic rings. The number of carbonyl (C=O) groups excluding carboxylic acids is 1. The monoisotopic (exact) mass is 269 g/mol. The summed E-state index contributed by atoms with van der Waals surface area (Å²) in [5, 5.41) is 5.62. The van der Waals surface area contributed by atoms with Crippen molar-refractivity contribution in [1.29, 1.82) is 0 Å². The van der Waals surface area contributed by atoms with Crippen molar-refractivity contribution in [1.82, 2.24) is 10.2 Å². The summed E-state index contributed by atoms with van der Waals surface area (Å²) in [6, 6.07) is 2.63. The van der Waals surface area contributed by atoms with Crippen LogP contribution in [0.15, 0.2) is 18.2 Å². The van der Waals surface area contributed by atoms with Crippen molar-refractivity contribution in [3.63, 3.8) is 0 Å². The Morgan fingerprint density at radius 3 is 2.74 bits per heavy atom. The highest BCUT2D eigenvalue weighted by Crippen LogP contribution is 2.16. The van der Waals surface area contributed by atoms with Crippen LogP contribution in [-0.2, 0) is 4.79 Å². The van der Waals surface area contributed by atoms with E-state index in [4.69, 9.17) is 0 Å². The maximum absolute atomic E-state index is 13.4. The molecule has 4 nitrogen and oxygen atoms in total. The zero-order valence-corrected chi connectivity index (χ0v) is 10.7. The maximum atomic E-state index is 13.4. The molecule has 1 atom stereocenters. The number of nitrogens with zero attached hydrogens (tertiary/aromatic N) is 1. The molecule has 0 radical (unpaired) electrons. The van der Waals surface area contributed by atoms with Gasteiger partial charge >= 0.3 is 0 Å². The lowest BCUT2D eigenvalue weighted by Gasteiger charge is -2.31. The summed E-state index contributed by atoms with van der Waals surface area (Å²) in [5.41, 5.74) is -0.119. The lowest BCUT2D eigenvalue weighted by Crippen LogP contribution is -2.51. The molecule has 1 amide bonds. The Bertz CT molecular complexity index is 461. The Labute approximate surface area is 110 Å². The van der Waals surface area contributed by atoms with Gasteiger partial charge in [0.05, 0.1) is 11.7 Å². The number of carbonyl (C=O) groups is 1. The zero-order valence-electron chi connectivity index (χ0n) is 10.7. The van der Waals surface area contributed by atoms with Crippen LogP contribution in [0.1, 0.15) is 6.92 Å². The van der Waals surface area contributed by atoms with E-state index in [2.05, 4.69) is 10.6 Å². The number of hydrogen-bond acceptors (Lipinski definition) is 3. The van der Waals surface area contributed by atoms with Crippen molar-refractivity contribution in [2.45, 2.75) is 13.0 Å². The van der Waals surface area contributed by atoms with E-state index in [1.807, 2.05) is 4.90 Å². The number of halogens is 2. The number of hydrogen-bond donors (Lipinski definition) is 2. The van der Waals surface area contributed by atoms with Gasteiger partial charge < -0.3 is 10.6 Å². The Morgan fingerprint density at radius 2 is 2.05 bits per heavy atom. The Morgan fingerprint density at radius 1 is 1.37 bits per heavy atom. The van der Waals surface area contributed by atoms with Gasteiger partial charge in [0.1, 0.15) is 11.6 Å². The van der Waals surface area contributed by atoms with E-state index in [1.165, 1.54) is 0 Å². The molecule has 104 valence electrons. The summed E-state index contributed by atoms with van der Waals surface area (Å²) in [7, 11) is 0. The summed E-state index contributed by atoms with van der Waals surface area (Å²) in [5.74, 6) is -1.54. The van der Waals surface area contributed by atoms with Crippen LogP contribution in [0.25, 0.3) is 0 Å². The van der Waals surface area contributed by atoms with Gasteiger partial charge in [0.25, 0.3) is 0 Å². The van der Waals surface area contributed by atoms with Crippen LogP contribution in [0.4, 0.5) is 14.5 Å². The van der Waals surface area contributed by atoms with Crippen LogP contribution in [0.3, 0.4) is 0 Å². The normalized spacial score (nSPS) is 18.1. The topological polar surface area (TPSA) is 44.4 Å². The van der Waals surface area contributed by atoms with E-state index in [9.17, 15) is 13.6 Å². The van der Waals surface area contributed by atoms with Crippen LogP contribution in [0.5, 0.6) is 0 Å². The van der Waals surface area contributed by atoms with Crippen molar-refractivity contribution in [3.05, 3.63) is 29.8 Å². The van der Waals surface area contributed by atoms with Crippen molar-refractivity contribution in [3.8, 4) is 0 Å².